The van der Waals surface area contributed by atoms with Crippen LogP contribution < -0.4 is 4.72 Å². The Labute approximate surface area is 119 Å². The van der Waals surface area contributed by atoms with Crippen molar-refractivity contribution in [2.75, 3.05) is 6.26 Å². The molecule has 0 saturated carbocycles. The maximum atomic E-state index is 11.8. The highest BCUT2D eigenvalue weighted by Crippen LogP contribution is 2.11. The summed E-state index contributed by atoms with van der Waals surface area (Å²) in [5, 5.41) is 7.66. The van der Waals surface area contributed by atoms with Crippen LogP contribution in [0.5, 0.6) is 0 Å². The summed E-state index contributed by atoms with van der Waals surface area (Å²) in [5.41, 5.74) is 0.619. The van der Waals surface area contributed by atoms with Crippen LogP contribution in [0.2, 0.25) is 0 Å². The van der Waals surface area contributed by atoms with Crippen LogP contribution >= 0.6 is 0 Å². The summed E-state index contributed by atoms with van der Waals surface area (Å²) in [4.78, 5) is 0.174. The molecule has 8 heteroatoms. The van der Waals surface area contributed by atoms with Crippen LogP contribution in [0.1, 0.15) is 18.9 Å². The second kappa shape index (κ2) is 6.35. The van der Waals surface area contributed by atoms with Crippen LogP contribution in [0.4, 0.5) is 0 Å². The number of sulfonamides is 1. The van der Waals surface area contributed by atoms with Crippen molar-refractivity contribution in [3.8, 4) is 6.07 Å². The number of benzene rings is 1. The predicted octanol–water partition coefficient (Wildman–Crippen LogP) is 0.812. The maximum Gasteiger partial charge on any atom is 0.228 e. The van der Waals surface area contributed by atoms with Crippen molar-refractivity contribution in [3.05, 3.63) is 29.8 Å². The van der Waals surface area contributed by atoms with Gasteiger partial charge in [0.2, 0.25) is 10.0 Å². The van der Waals surface area contributed by atoms with E-state index in [9.17, 15) is 16.8 Å². The Kier molecular flexibility index (Phi) is 5.28. The predicted molar refractivity (Wildman–Crippen MR) is 75.0 cm³/mol. The molecule has 0 aliphatic heterocycles. The number of rotatable bonds is 6. The standard InChI is InChI=1S/C12H16N2O4S2/c1-3-11(8-13)20(17,18)14-9-10-4-6-12(7-5-10)19(2,15)16/h4-7,11,14H,3,9H2,1-2H3. The zero-order chi connectivity index (χ0) is 15.4. The van der Waals surface area contributed by atoms with Crippen LogP contribution in [0.25, 0.3) is 0 Å². The second-order valence-electron chi connectivity index (χ2n) is 4.31. The normalized spacial score (nSPS) is 13.7. The highest BCUT2D eigenvalue weighted by atomic mass is 32.2. The van der Waals surface area contributed by atoms with Gasteiger partial charge in [-0.15, -0.1) is 0 Å². The van der Waals surface area contributed by atoms with Gasteiger partial charge in [-0.05, 0) is 24.1 Å². The molecule has 0 fully saturated rings. The molecule has 1 rings (SSSR count). The van der Waals surface area contributed by atoms with Crippen LogP contribution in [-0.4, -0.2) is 28.3 Å². The van der Waals surface area contributed by atoms with E-state index in [1.807, 2.05) is 0 Å². The van der Waals surface area contributed by atoms with Gasteiger partial charge in [0, 0.05) is 12.8 Å². The van der Waals surface area contributed by atoms with Gasteiger partial charge in [0.15, 0.2) is 15.1 Å². The Hall–Kier alpha value is -1.43. The first-order chi connectivity index (χ1) is 9.20. The monoisotopic (exact) mass is 316 g/mol. The van der Waals surface area contributed by atoms with Gasteiger partial charge in [0.25, 0.3) is 0 Å². The number of nitrogens with zero attached hydrogens (tertiary/aromatic N) is 1. The molecular formula is C12H16N2O4S2. The van der Waals surface area contributed by atoms with Crippen LogP contribution in [0.3, 0.4) is 0 Å². The Balaban J connectivity index is 2.80. The Morgan fingerprint density at radius 1 is 1.20 bits per heavy atom. The van der Waals surface area contributed by atoms with Gasteiger partial charge in [-0.25, -0.2) is 21.6 Å². The minimum atomic E-state index is -3.69. The molecule has 0 heterocycles. The van der Waals surface area contributed by atoms with Crippen LogP contribution in [0.15, 0.2) is 29.2 Å². The first-order valence-corrected chi connectivity index (χ1v) is 9.31. The molecule has 0 radical (unpaired) electrons. The average Bonchev–Trinajstić information content (AvgIpc) is 2.37. The quantitative estimate of drug-likeness (QED) is 0.836. The van der Waals surface area contributed by atoms with E-state index in [1.54, 1.807) is 13.0 Å². The molecule has 1 atom stereocenters. The van der Waals surface area contributed by atoms with E-state index in [4.69, 9.17) is 5.26 Å². The van der Waals surface area contributed by atoms with Crippen molar-refractivity contribution < 1.29 is 16.8 Å². The number of hydrogen-bond acceptors (Lipinski definition) is 5. The van der Waals surface area contributed by atoms with Gasteiger partial charge in [-0.2, -0.15) is 5.26 Å². The third kappa shape index (κ3) is 4.30. The smallest absolute Gasteiger partial charge is 0.224 e. The van der Waals surface area contributed by atoms with E-state index < -0.39 is 25.1 Å². The van der Waals surface area contributed by atoms with Gasteiger partial charge >= 0.3 is 0 Å². The molecule has 0 bridgehead atoms. The molecule has 0 saturated heterocycles. The topological polar surface area (TPSA) is 104 Å². The zero-order valence-electron chi connectivity index (χ0n) is 11.2. The lowest BCUT2D eigenvalue weighted by Gasteiger charge is -2.10. The minimum absolute atomic E-state index is 0.0184. The highest BCUT2D eigenvalue weighted by molar-refractivity contribution is 7.90. The fourth-order valence-electron chi connectivity index (χ4n) is 1.52. The molecule has 0 aliphatic rings. The molecule has 0 aliphatic carbocycles. The van der Waals surface area contributed by atoms with Crippen molar-refractivity contribution >= 4 is 19.9 Å². The van der Waals surface area contributed by atoms with Gasteiger partial charge in [-0.1, -0.05) is 19.1 Å². The third-order valence-electron chi connectivity index (χ3n) is 2.72. The van der Waals surface area contributed by atoms with Gasteiger partial charge in [-0.3, -0.25) is 0 Å². The minimum Gasteiger partial charge on any atom is -0.224 e. The first kappa shape index (κ1) is 16.6. The van der Waals surface area contributed by atoms with Crippen LogP contribution in [-0.2, 0) is 26.4 Å². The van der Waals surface area contributed by atoms with Gasteiger partial charge in [0.1, 0.15) is 0 Å². The van der Waals surface area contributed by atoms with E-state index in [0.29, 0.717) is 5.56 Å². The summed E-state index contributed by atoms with van der Waals surface area (Å²) < 4.78 is 48.4. The van der Waals surface area contributed by atoms with Crippen molar-refractivity contribution in [1.82, 2.24) is 4.72 Å². The molecule has 1 N–H and O–H groups in total. The van der Waals surface area contributed by atoms with Crippen molar-refractivity contribution in [3.63, 3.8) is 0 Å². The molecule has 20 heavy (non-hydrogen) atoms. The molecule has 1 aromatic carbocycles. The summed E-state index contributed by atoms with van der Waals surface area (Å²) >= 11 is 0. The van der Waals surface area contributed by atoms with Gasteiger partial charge < -0.3 is 0 Å². The molecule has 6 nitrogen and oxygen atoms in total. The van der Waals surface area contributed by atoms with Crippen molar-refractivity contribution in [1.29, 1.82) is 5.26 Å². The molecule has 0 aromatic heterocycles. The zero-order valence-corrected chi connectivity index (χ0v) is 12.8. The Morgan fingerprint density at radius 2 is 1.75 bits per heavy atom. The Bertz CT molecular complexity index is 701. The van der Waals surface area contributed by atoms with E-state index in [0.717, 1.165) is 6.26 Å². The fraction of sp³-hybridized carbons (Fsp3) is 0.417. The molecule has 0 spiro atoms. The number of nitriles is 1. The SMILES string of the molecule is CCC(C#N)S(=O)(=O)NCc1ccc(S(C)(=O)=O)cc1. The Morgan fingerprint density at radius 3 is 2.15 bits per heavy atom. The lowest BCUT2D eigenvalue weighted by atomic mass is 10.2. The fourth-order valence-corrected chi connectivity index (χ4v) is 3.30. The van der Waals surface area contributed by atoms with E-state index in [2.05, 4.69) is 4.72 Å². The maximum absolute atomic E-state index is 11.8. The summed E-state index contributed by atoms with van der Waals surface area (Å²) in [6, 6.07) is 7.63. The van der Waals surface area contributed by atoms with Crippen molar-refractivity contribution in [2.24, 2.45) is 0 Å². The summed E-state index contributed by atoms with van der Waals surface area (Å²) in [6.45, 7) is 1.64. The number of hydrogen-bond donors (Lipinski definition) is 1. The largest absolute Gasteiger partial charge is 0.228 e. The third-order valence-corrected chi connectivity index (χ3v) is 5.58. The lowest BCUT2D eigenvalue weighted by Crippen LogP contribution is -2.32. The number of nitrogens with one attached hydrogen (secondary N) is 1. The summed E-state index contributed by atoms with van der Waals surface area (Å²) in [5.74, 6) is 0. The molecule has 1 aromatic rings. The highest BCUT2D eigenvalue weighted by Gasteiger charge is 2.22. The summed E-state index contributed by atoms with van der Waals surface area (Å²) in [6.07, 6.45) is 1.31. The lowest BCUT2D eigenvalue weighted by molar-refractivity contribution is 0.572. The first-order valence-electron chi connectivity index (χ1n) is 5.87. The van der Waals surface area contributed by atoms with Crippen molar-refractivity contribution in [2.45, 2.75) is 30.0 Å². The average molecular weight is 316 g/mol. The van der Waals surface area contributed by atoms with Gasteiger partial charge in [0.05, 0.1) is 11.0 Å². The summed E-state index contributed by atoms with van der Waals surface area (Å²) in [7, 11) is -6.95. The second-order valence-corrected chi connectivity index (χ2v) is 8.27. The molecule has 0 amide bonds. The number of sulfone groups is 1. The van der Waals surface area contributed by atoms with Crippen LogP contribution in [0, 0.1) is 11.3 Å². The molecular weight excluding hydrogens is 300 g/mol. The van der Waals surface area contributed by atoms with E-state index >= 15 is 0 Å². The van der Waals surface area contributed by atoms with E-state index in [1.165, 1.54) is 24.3 Å². The molecule has 1 unspecified atom stereocenters. The van der Waals surface area contributed by atoms with E-state index in [-0.39, 0.29) is 17.9 Å². The molecule has 110 valence electrons.